The number of hydrogen-bond donors (Lipinski definition) is 0. The van der Waals surface area contributed by atoms with E-state index < -0.39 is 11.7 Å². The highest BCUT2D eigenvalue weighted by Crippen LogP contribution is 2.35. The Hall–Kier alpha value is -3.56. The number of methoxy groups -OCH3 is 1. The smallest absolute Gasteiger partial charge is 0.416 e. The van der Waals surface area contributed by atoms with Crippen LogP contribution in [0.1, 0.15) is 11.1 Å². The zero-order chi connectivity index (χ0) is 25.7. The van der Waals surface area contributed by atoms with Crippen LogP contribution in [0.2, 0.25) is 0 Å². The summed E-state index contributed by atoms with van der Waals surface area (Å²) in [7, 11) is 1.60. The van der Waals surface area contributed by atoms with Crippen molar-refractivity contribution in [2.45, 2.75) is 16.8 Å². The van der Waals surface area contributed by atoms with Crippen LogP contribution in [0.4, 0.5) is 24.0 Å². The van der Waals surface area contributed by atoms with E-state index >= 15 is 0 Å². The van der Waals surface area contributed by atoms with Gasteiger partial charge in [0, 0.05) is 21.6 Å². The second-order valence-corrected chi connectivity index (χ2v) is 9.48. The molecule has 0 saturated carbocycles. The third-order valence-electron chi connectivity index (χ3n) is 5.25. The number of carbonyl (C=O) groups is 1. The molecule has 0 saturated heterocycles. The molecule has 0 aliphatic rings. The van der Waals surface area contributed by atoms with Crippen LogP contribution in [0.25, 0.3) is 11.3 Å². The normalized spacial score (nSPS) is 11.2. The van der Waals surface area contributed by atoms with Crippen LogP contribution in [0.15, 0.2) is 95.7 Å². The van der Waals surface area contributed by atoms with Crippen LogP contribution in [-0.2, 0) is 16.7 Å². The van der Waals surface area contributed by atoms with Crippen molar-refractivity contribution in [3.05, 3.63) is 102 Å². The van der Waals surface area contributed by atoms with E-state index in [9.17, 15) is 18.0 Å². The highest BCUT2D eigenvalue weighted by atomic mass is 32.2. The number of aromatic nitrogens is 1. The number of rotatable bonds is 8. The first-order chi connectivity index (χ1) is 17.3. The first-order valence-electron chi connectivity index (χ1n) is 10.7. The summed E-state index contributed by atoms with van der Waals surface area (Å²) < 4.78 is 43.4. The molecule has 0 spiro atoms. The predicted molar refractivity (Wildman–Crippen MR) is 139 cm³/mol. The lowest BCUT2D eigenvalue weighted by molar-refractivity contribution is -0.137. The van der Waals surface area contributed by atoms with Crippen LogP contribution < -0.4 is 9.64 Å². The van der Waals surface area contributed by atoms with Gasteiger partial charge >= 0.3 is 6.18 Å². The number of amides is 1. The molecule has 0 atom stereocenters. The molecule has 9 heteroatoms. The van der Waals surface area contributed by atoms with Gasteiger partial charge in [0.2, 0.25) is 0 Å². The topological polar surface area (TPSA) is 42.4 Å². The SMILES string of the molecule is C=CC(=O)N(c1ccc(SCc2ccc(C(F)(F)F)cc2)cc1)c1nc(-c2ccc(OC)cc2)cs1. The molecule has 0 unspecified atom stereocenters. The first-order valence-corrected chi connectivity index (χ1v) is 12.6. The molecule has 4 aromatic rings. The Morgan fingerprint density at radius 3 is 2.31 bits per heavy atom. The molecule has 1 heterocycles. The lowest BCUT2D eigenvalue weighted by Gasteiger charge is -2.18. The fraction of sp³-hybridized carbons (Fsp3) is 0.111. The molecule has 0 aliphatic carbocycles. The summed E-state index contributed by atoms with van der Waals surface area (Å²) in [4.78, 5) is 19.8. The molecular weight excluding hydrogens is 505 g/mol. The van der Waals surface area contributed by atoms with Gasteiger partial charge < -0.3 is 4.74 Å². The third-order valence-corrected chi connectivity index (χ3v) is 7.15. The molecule has 1 amide bonds. The fourth-order valence-electron chi connectivity index (χ4n) is 3.33. The van der Waals surface area contributed by atoms with E-state index in [1.165, 1.54) is 46.2 Å². The number of anilines is 2. The van der Waals surface area contributed by atoms with Gasteiger partial charge in [-0.2, -0.15) is 13.2 Å². The number of ether oxygens (including phenoxy) is 1. The van der Waals surface area contributed by atoms with Crippen LogP contribution in [0.3, 0.4) is 0 Å². The minimum absolute atomic E-state index is 0.309. The van der Waals surface area contributed by atoms with Crippen molar-refractivity contribution in [3.63, 3.8) is 0 Å². The van der Waals surface area contributed by atoms with Crippen LogP contribution in [0.5, 0.6) is 5.75 Å². The molecular formula is C27H21F3N2O2S2. The van der Waals surface area contributed by atoms with Crippen LogP contribution in [-0.4, -0.2) is 18.0 Å². The number of alkyl halides is 3. The minimum Gasteiger partial charge on any atom is -0.497 e. The number of halogens is 3. The van der Waals surface area contributed by atoms with Gasteiger partial charge in [-0.05, 0) is 72.3 Å². The van der Waals surface area contributed by atoms with Gasteiger partial charge in [-0.3, -0.25) is 9.69 Å². The maximum atomic E-state index is 12.7. The molecule has 0 radical (unpaired) electrons. The number of hydrogen-bond acceptors (Lipinski definition) is 5. The van der Waals surface area contributed by atoms with Crippen molar-refractivity contribution >= 4 is 39.8 Å². The van der Waals surface area contributed by atoms with E-state index in [2.05, 4.69) is 11.6 Å². The van der Waals surface area contributed by atoms with Crippen molar-refractivity contribution in [3.8, 4) is 17.0 Å². The Labute approximate surface area is 215 Å². The second kappa shape index (κ2) is 11.0. The third kappa shape index (κ3) is 5.98. The van der Waals surface area contributed by atoms with E-state index in [1.807, 2.05) is 53.9 Å². The number of benzene rings is 3. The lowest BCUT2D eigenvalue weighted by atomic mass is 10.1. The molecule has 0 bridgehead atoms. The van der Waals surface area contributed by atoms with Crippen LogP contribution in [0, 0.1) is 0 Å². The van der Waals surface area contributed by atoms with Crippen LogP contribution >= 0.6 is 23.1 Å². The molecule has 0 aliphatic heterocycles. The molecule has 1 aromatic heterocycles. The summed E-state index contributed by atoms with van der Waals surface area (Å²) in [5.41, 5.74) is 2.40. The summed E-state index contributed by atoms with van der Waals surface area (Å²) >= 11 is 2.84. The number of nitrogens with zero attached hydrogens (tertiary/aromatic N) is 2. The van der Waals surface area contributed by atoms with E-state index in [1.54, 1.807) is 7.11 Å². The highest BCUT2D eigenvalue weighted by Gasteiger charge is 2.29. The van der Waals surface area contributed by atoms with Crippen molar-refractivity contribution in [1.29, 1.82) is 0 Å². The van der Waals surface area contributed by atoms with E-state index in [-0.39, 0.29) is 5.91 Å². The Morgan fingerprint density at radius 1 is 1.06 bits per heavy atom. The van der Waals surface area contributed by atoms with Crippen molar-refractivity contribution in [2.75, 3.05) is 12.0 Å². The molecule has 4 nitrogen and oxygen atoms in total. The zero-order valence-corrected chi connectivity index (χ0v) is 20.8. The molecule has 184 valence electrons. The summed E-state index contributed by atoms with van der Waals surface area (Å²) in [6.07, 6.45) is -3.11. The number of thioether (sulfide) groups is 1. The Morgan fingerprint density at radius 2 is 1.72 bits per heavy atom. The van der Waals surface area contributed by atoms with Gasteiger partial charge in [0.05, 0.1) is 24.1 Å². The zero-order valence-electron chi connectivity index (χ0n) is 19.2. The van der Waals surface area contributed by atoms with Crippen molar-refractivity contribution in [2.24, 2.45) is 0 Å². The summed E-state index contributed by atoms with van der Waals surface area (Å²) in [5, 5.41) is 2.39. The average Bonchev–Trinajstić information content (AvgIpc) is 3.37. The number of thiazole rings is 1. The van der Waals surface area contributed by atoms with E-state index in [0.29, 0.717) is 16.6 Å². The quantitative estimate of drug-likeness (QED) is 0.172. The van der Waals surface area contributed by atoms with Gasteiger partial charge in [0.25, 0.3) is 5.91 Å². The van der Waals surface area contributed by atoms with Gasteiger partial charge in [0.1, 0.15) is 5.75 Å². The lowest BCUT2D eigenvalue weighted by Crippen LogP contribution is -2.23. The molecule has 36 heavy (non-hydrogen) atoms. The van der Waals surface area contributed by atoms with Gasteiger partial charge in [-0.1, -0.05) is 18.7 Å². The summed E-state index contributed by atoms with van der Waals surface area (Å²) in [6.45, 7) is 3.62. The Bertz CT molecular complexity index is 1330. The second-order valence-electron chi connectivity index (χ2n) is 7.60. The minimum atomic E-state index is -4.34. The Kier molecular flexibility index (Phi) is 7.81. The van der Waals surface area contributed by atoms with Crippen molar-refractivity contribution < 1.29 is 22.7 Å². The summed E-state index contributed by atoms with van der Waals surface area (Å²) in [6, 6.07) is 20.0. The number of carbonyl (C=O) groups excluding carboxylic acids is 1. The average molecular weight is 527 g/mol. The van der Waals surface area contributed by atoms with Gasteiger partial charge in [0.15, 0.2) is 5.13 Å². The van der Waals surface area contributed by atoms with Gasteiger partial charge in [-0.15, -0.1) is 23.1 Å². The molecule has 0 N–H and O–H groups in total. The fourth-order valence-corrected chi connectivity index (χ4v) is 5.04. The maximum Gasteiger partial charge on any atom is 0.416 e. The van der Waals surface area contributed by atoms with E-state index in [0.717, 1.165) is 39.6 Å². The summed E-state index contributed by atoms with van der Waals surface area (Å²) in [5.74, 6) is 0.953. The molecule has 0 fully saturated rings. The van der Waals surface area contributed by atoms with Crippen molar-refractivity contribution in [1.82, 2.24) is 4.98 Å². The van der Waals surface area contributed by atoms with Gasteiger partial charge in [-0.25, -0.2) is 4.98 Å². The largest absolute Gasteiger partial charge is 0.497 e. The monoisotopic (exact) mass is 526 g/mol. The Balaban J connectivity index is 1.48. The predicted octanol–water partition coefficient (Wildman–Crippen LogP) is 7.98. The standard InChI is InChI=1S/C27H21F3N2O2S2/c1-3-25(33)32(26-31-24(17-36-26)19-6-12-22(34-2)13-7-19)21-10-14-23(15-11-21)35-16-18-4-8-20(9-5-18)27(28,29)30/h3-15,17H,1,16H2,2H3. The highest BCUT2D eigenvalue weighted by molar-refractivity contribution is 7.98. The first kappa shape index (κ1) is 25.5. The molecule has 3 aromatic carbocycles. The molecule has 4 rings (SSSR count). The van der Waals surface area contributed by atoms with E-state index in [4.69, 9.17) is 4.74 Å². The maximum absolute atomic E-state index is 12.7.